The molecule has 0 unspecified atom stereocenters. The van der Waals surface area contributed by atoms with Gasteiger partial charge >= 0.3 is 5.97 Å². The van der Waals surface area contributed by atoms with Crippen molar-refractivity contribution in [2.45, 2.75) is 12.3 Å². The number of nitrogens with zero attached hydrogens (tertiary/aromatic N) is 1. The number of halogens is 1. The summed E-state index contributed by atoms with van der Waals surface area (Å²) in [6.45, 7) is -0.0631. The van der Waals surface area contributed by atoms with Crippen LogP contribution in [-0.2, 0) is 14.3 Å². The van der Waals surface area contributed by atoms with Gasteiger partial charge in [-0.15, -0.1) is 0 Å². The van der Waals surface area contributed by atoms with Crippen molar-refractivity contribution in [1.29, 1.82) is 0 Å². The molecule has 0 aromatic heterocycles. The standard InChI is InChI=1S/C19H20ClNO3/c1-21(13-19(23)24-2)18(22)12-17(14-7-4-3-5-8-14)15-9-6-10-16(20)11-15/h3-11,17H,12-13H2,1-2H3/t17-/m0/s1. The lowest BCUT2D eigenvalue weighted by Gasteiger charge is -2.22. The van der Waals surface area contributed by atoms with E-state index in [1.54, 1.807) is 13.1 Å². The van der Waals surface area contributed by atoms with Gasteiger partial charge in [0.05, 0.1) is 7.11 Å². The van der Waals surface area contributed by atoms with Crippen molar-refractivity contribution in [3.8, 4) is 0 Å². The molecule has 0 aliphatic rings. The molecule has 1 amide bonds. The maximum atomic E-state index is 12.5. The van der Waals surface area contributed by atoms with Crippen LogP contribution >= 0.6 is 11.6 Å². The van der Waals surface area contributed by atoms with Crippen molar-refractivity contribution >= 4 is 23.5 Å². The molecular weight excluding hydrogens is 326 g/mol. The highest BCUT2D eigenvalue weighted by Crippen LogP contribution is 2.30. The van der Waals surface area contributed by atoms with E-state index in [4.69, 9.17) is 11.6 Å². The number of esters is 1. The number of rotatable bonds is 6. The fraction of sp³-hybridized carbons (Fsp3) is 0.263. The van der Waals surface area contributed by atoms with Gasteiger partial charge in [-0.25, -0.2) is 0 Å². The molecule has 2 rings (SSSR count). The largest absolute Gasteiger partial charge is 0.468 e. The molecule has 126 valence electrons. The fourth-order valence-electron chi connectivity index (χ4n) is 2.51. The van der Waals surface area contributed by atoms with Gasteiger partial charge in [-0.2, -0.15) is 0 Å². The van der Waals surface area contributed by atoms with Crippen molar-refractivity contribution in [2.75, 3.05) is 20.7 Å². The van der Waals surface area contributed by atoms with Crippen LogP contribution in [0.4, 0.5) is 0 Å². The molecule has 4 nitrogen and oxygen atoms in total. The number of carbonyl (C=O) groups excluding carboxylic acids is 2. The number of carbonyl (C=O) groups is 2. The minimum absolute atomic E-state index is 0.0631. The molecule has 0 saturated carbocycles. The molecule has 0 fully saturated rings. The monoisotopic (exact) mass is 345 g/mol. The third-order valence-corrected chi connectivity index (χ3v) is 4.09. The van der Waals surface area contributed by atoms with Gasteiger partial charge in [0.1, 0.15) is 6.54 Å². The van der Waals surface area contributed by atoms with E-state index >= 15 is 0 Å². The van der Waals surface area contributed by atoms with Crippen LogP contribution in [0, 0.1) is 0 Å². The molecule has 0 N–H and O–H groups in total. The molecule has 0 bridgehead atoms. The van der Waals surface area contributed by atoms with E-state index in [1.807, 2.05) is 48.5 Å². The van der Waals surface area contributed by atoms with E-state index in [9.17, 15) is 9.59 Å². The topological polar surface area (TPSA) is 46.6 Å². The van der Waals surface area contributed by atoms with Crippen molar-refractivity contribution in [3.05, 3.63) is 70.7 Å². The number of likely N-dealkylation sites (N-methyl/N-ethyl adjacent to an activating group) is 1. The number of amides is 1. The summed E-state index contributed by atoms with van der Waals surface area (Å²) in [6.07, 6.45) is 0.248. The maximum Gasteiger partial charge on any atom is 0.325 e. The average Bonchev–Trinajstić information content (AvgIpc) is 2.59. The van der Waals surface area contributed by atoms with Crippen molar-refractivity contribution in [2.24, 2.45) is 0 Å². The highest BCUT2D eigenvalue weighted by molar-refractivity contribution is 6.30. The van der Waals surface area contributed by atoms with Crippen LogP contribution in [0.5, 0.6) is 0 Å². The number of hydrogen-bond acceptors (Lipinski definition) is 3. The van der Waals surface area contributed by atoms with Crippen molar-refractivity contribution in [1.82, 2.24) is 4.90 Å². The smallest absolute Gasteiger partial charge is 0.325 e. The van der Waals surface area contributed by atoms with Crippen LogP contribution in [0.2, 0.25) is 5.02 Å². The number of methoxy groups -OCH3 is 1. The van der Waals surface area contributed by atoms with E-state index in [2.05, 4.69) is 4.74 Å². The van der Waals surface area contributed by atoms with Gasteiger partial charge in [0.25, 0.3) is 0 Å². The summed E-state index contributed by atoms with van der Waals surface area (Å²) in [5.74, 6) is -0.698. The number of hydrogen-bond donors (Lipinski definition) is 0. The Bertz CT molecular complexity index is 703. The lowest BCUT2D eigenvalue weighted by Crippen LogP contribution is -2.33. The molecule has 2 aromatic carbocycles. The van der Waals surface area contributed by atoms with E-state index < -0.39 is 5.97 Å². The number of ether oxygens (including phenoxy) is 1. The Morgan fingerprint density at radius 3 is 2.38 bits per heavy atom. The molecule has 0 saturated heterocycles. The van der Waals surface area contributed by atoms with Crippen molar-refractivity contribution in [3.63, 3.8) is 0 Å². The Kier molecular flexibility index (Phi) is 6.38. The van der Waals surface area contributed by atoms with Gasteiger partial charge < -0.3 is 9.64 Å². The van der Waals surface area contributed by atoms with Crippen LogP contribution in [0.1, 0.15) is 23.5 Å². The fourth-order valence-corrected chi connectivity index (χ4v) is 2.71. The molecule has 5 heteroatoms. The second kappa shape index (κ2) is 8.50. The summed E-state index contributed by atoms with van der Waals surface area (Å²) < 4.78 is 4.61. The Hall–Kier alpha value is -2.33. The maximum absolute atomic E-state index is 12.5. The first kappa shape index (κ1) is 18.0. The molecule has 2 aromatic rings. The first-order valence-corrected chi connectivity index (χ1v) is 8.00. The quantitative estimate of drug-likeness (QED) is 0.753. The Balaban J connectivity index is 2.24. The minimum Gasteiger partial charge on any atom is -0.468 e. The molecule has 0 radical (unpaired) electrons. The van der Waals surface area contributed by atoms with E-state index in [0.717, 1.165) is 11.1 Å². The molecule has 0 heterocycles. The summed E-state index contributed by atoms with van der Waals surface area (Å²) in [7, 11) is 2.90. The molecular formula is C19H20ClNO3. The molecule has 0 aliphatic heterocycles. The van der Waals surface area contributed by atoms with Gasteiger partial charge in [-0.3, -0.25) is 9.59 Å². The van der Waals surface area contributed by atoms with E-state index in [0.29, 0.717) is 5.02 Å². The lowest BCUT2D eigenvalue weighted by molar-refractivity contribution is -0.146. The Morgan fingerprint density at radius 1 is 1.08 bits per heavy atom. The van der Waals surface area contributed by atoms with Gasteiger partial charge in [0.2, 0.25) is 5.91 Å². The third-order valence-electron chi connectivity index (χ3n) is 3.85. The second-order valence-corrected chi connectivity index (χ2v) is 5.98. The van der Waals surface area contributed by atoms with Gasteiger partial charge in [-0.05, 0) is 23.3 Å². The molecule has 0 spiro atoms. The van der Waals surface area contributed by atoms with Crippen LogP contribution in [0.15, 0.2) is 54.6 Å². The Labute approximate surface area is 147 Å². The second-order valence-electron chi connectivity index (χ2n) is 5.55. The van der Waals surface area contributed by atoms with E-state index in [1.165, 1.54) is 12.0 Å². The first-order chi connectivity index (χ1) is 11.5. The van der Waals surface area contributed by atoms with Crippen LogP contribution in [-0.4, -0.2) is 37.5 Å². The van der Waals surface area contributed by atoms with Crippen LogP contribution in [0.25, 0.3) is 0 Å². The molecule has 1 atom stereocenters. The highest BCUT2D eigenvalue weighted by Gasteiger charge is 2.22. The predicted molar refractivity (Wildman–Crippen MR) is 94.0 cm³/mol. The highest BCUT2D eigenvalue weighted by atomic mass is 35.5. The zero-order valence-electron chi connectivity index (χ0n) is 13.7. The SMILES string of the molecule is COC(=O)CN(C)C(=O)C[C@@H](c1ccccc1)c1cccc(Cl)c1. The number of benzene rings is 2. The zero-order chi connectivity index (χ0) is 17.5. The summed E-state index contributed by atoms with van der Waals surface area (Å²) in [6, 6.07) is 17.3. The van der Waals surface area contributed by atoms with Gasteiger partial charge in [-0.1, -0.05) is 54.1 Å². The molecule has 0 aliphatic carbocycles. The van der Waals surface area contributed by atoms with Crippen LogP contribution < -0.4 is 0 Å². The zero-order valence-corrected chi connectivity index (χ0v) is 14.5. The van der Waals surface area contributed by atoms with Crippen molar-refractivity contribution < 1.29 is 14.3 Å². The summed E-state index contributed by atoms with van der Waals surface area (Å²) >= 11 is 6.11. The minimum atomic E-state index is -0.440. The predicted octanol–water partition coefficient (Wildman–Crippen LogP) is 3.49. The van der Waals surface area contributed by atoms with Crippen LogP contribution in [0.3, 0.4) is 0 Å². The van der Waals surface area contributed by atoms with Gasteiger partial charge in [0.15, 0.2) is 0 Å². The van der Waals surface area contributed by atoms with Gasteiger partial charge in [0, 0.05) is 24.4 Å². The molecule has 24 heavy (non-hydrogen) atoms. The summed E-state index contributed by atoms with van der Waals surface area (Å²) in [4.78, 5) is 25.3. The first-order valence-electron chi connectivity index (χ1n) is 7.62. The third kappa shape index (κ3) is 4.83. The lowest BCUT2D eigenvalue weighted by atomic mass is 9.88. The summed E-state index contributed by atoms with van der Waals surface area (Å²) in [5, 5.41) is 0.629. The average molecular weight is 346 g/mol. The summed E-state index contributed by atoms with van der Waals surface area (Å²) in [5.41, 5.74) is 1.99. The van der Waals surface area contributed by atoms with E-state index in [-0.39, 0.29) is 24.8 Å². The Morgan fingerprint density at radius 2 is 1.75 bits per heavy atom. The normalized spacial score (nSPS) is 11.6.